The quantitative estimate of drug-likeness (QED) is 0.616. The first-order valence-corrected chi connectivity index (χ1v) is 5.83. The average Bonchev–Trinajstić information content (AvgIpc) is 2.13. The lowest BCUT2D eigenvalue weighted by Crippen LogP contribution is -2.35. The van der Waals surface area contributed by atoms with Crippen LogP contribution in [0.15, 0.2) is 24.3 Å². The Bertz CT molecular complexity index is 460. The monoisotopic (exact) mass is 212 g/mol. The molecule has 1 aliphatic heterocycles. The molecule has 4 heteroatoms. The molecule has 3 nitrogen and oxygen atoms in total. The molecule has 2 rings (SSSR count). The van der Waals surface area contributed by atoms with E-state index in [1.807, 2.05) is 24.3 Å². The van der Waals surface area contributed by atoms with Gasteiger partial charge in [0.1, 0.15) is 4.75 Å². The van der Waals surface area contributed by atoms with E-state index in [0.717, 1.165) is 11.1 Å². The molecule has 1 aromatic carbocycles. The molecule has 0 amide bonds. The molecule has 0 saturated heterocycles. The SMILES string of the molecule is CC1(C)c2ccccc2COS1(=O)=O. The Morgan fingerprint density at radius 2 is 1.93 bits per heavy atom. The van der Waals surface area contributed by atoms with Gasteiger partial charge in [0, 0.05) is 0 Å². The Morgan fingerprint density at radius 1 is 1.29 bits per heavy atom. The van der Waals surface area contributed by atoms with E-state index in [4.69, 9.17) is 4.18 Å². The summed E-state index contributed by atoms with van der Waals surface area (Å²) >= 11 is 0. The van der Waals surface area contributed by atoms with Crippen molar-refractivity contribution in [2.45, 2.75) is 25.2 Å². The van der Waals surface area contributed by atoms with Gasteiger partial charge < -0.3 is 0 Å². The Kier molecular flexibility index (Phi) is 1.94. The summed E-state index contributed by atoms with van der Waals surface area (Å²) in [6, 6.07) is 7.47. The topological polar surface area (TPSA) is 43.4 Å². The van der Waals surface area contributed by atoms with Crippen molar-refractivity contribution in [3.8, 4) is 0 Å². The van der Waals surface area contributed by atoms with Gasteiger partial charge >= 0.3 is 0 Å². The van der Waals surface area contributed by atoms with Gasteiger partial charge in [0.05, 0.1) is 6.61 Å². The fourth-order valence-electron chi connectivity index (χ4n) is 1.66. The number of fused-ring (bicyclic) bond motifs is 1. The average molecular weight is 212 g/mol. The van der Waals surface area contributed by atoms with Crippen LogP contribution in [-0.2, 0) is 25.7 Å². The van der Waals surface area contributed by atoms with Gasteiger partial charge in [0.2, 0.25) is 0 Å². The van der Waals surface area contributed by atoms with Gasteiger partial charge in [-0.05, 0) is 25.0 Å². The zero-order valence-electron chi connectivity index (χ0n) is 8.15. The van der Waals surface area contributed by atoms with Crippen LogP contribution in [0.3, 0.4) is 0 Å². The third kappa shape index (κ3) is 1.18. The van der Waals surface area contributed by atoms with Crippen molar-refractivity contribution in [3.63, 3.8) is 0 Å². The molecule has 0 N–H and O–H groups in total. The lowest BCUT2D eigenvalue weighted by molar-refractivity contribution is 0.276. The number of benzene rings is 1. The summed E-state index contributed by atoms with van der Waals surface area (Å²) in [6.07, 6.45) is 0. The summed E-state index contributed by atoms with van der Waals surface area (Å²) in [4.78, 5) is 0. The molecule has 14 heavy (non-hydrogen) atoms. The van der Waals surface area contributed by atoms with Gasteiger partial charge in [0.25, 0.3) is 10.1 Å². The van der Waals surface area contributed by atoms with Crippen LogP contribution in [0.5, 0.6) is 0 Å². The first kappa shape index (κ1) is 9.68. The molecule has 0 aliphatic carbocycles. The summed E-state index contributed by atoms with van der Waals surface area (Å²) in [6.45, 7) is 3.49. The first-order valence-electron chi connectivity index (χ1n) is 4.42. The van der Waals surface area contributed by atoms with E-state index >= 15 is 0 Å². The van der Waals surface area contributed by atoms with Crippen LogP contribution in [0, 0.1) is 0 Å². The van der Waals surface area contributed by atoms with Crippen LogP contribution < -0.4 is 0 Å². The minimum atomic E-state index is -3.47. The predicted molar refractivity (Wildman–Crippen MR) is 53.2 cm³/mol. The van der Waals surface area contributed by atoms with Crippen LogP contribution in [0.25, 0.3) is 0 Å². The second-order valence-electron chi connectivity index (χ2n) is 3.88. The molecule has 1 aliphatic rings. The standard InChI is InChI=1S/C10H12O3S/c1-10(2)9-6-4-3-5-8(9)7-13-14(10,11)12/h3-6H,7H2,1-2H3. The fraction of sp³-hybridized carbons (Fsp3) is 0.400. The molecule has 0 bridgehead atoms. The third-order valence-electron chi connectivity index (χ3n) is 2.66. The highest BCUT2D eigenvalue weighted by molar-refractivity contribution is 7.87. The molecule has 0 atom stereocenters. The summed E-state index contributed by atoms with van der Waals surface area (Å²) < 4.78 is 27.2. The van der Waals surface area contributed by atoms with E-state index in [1.54, 1.807) is 13.8 Å². The molecule has 0 spiro atoms. The molecule has 1 heterocycles. The first-order chi connectivity index (χ1) is 6.45. The second-order valence-corrected chi connectivity index (χ2v) is 6.05. The molecule has 0 fully saturated rings. The van der Waals surface area contributed by atoms with Crippen molar-refractivity contribution in [2.75, 3.05) is 0 Å². The molecule has 0 aromatic heterocycles. The van der Waals surface area contributed by atoms with Crippen molar-refractivity contribution in [2.24, 2.45) is 0 Å². The second kappa shape index (κ2) is 2.81. The maximum absolute atomic E-state index is 11.6. The van der Waals surface area contributed by atoms with Gasteiger partial charge in [-0.3, -0.25) is 4.18 Å². The minimum Gasteiger partial charge on any atom is -0.265 e. The van der Waals surface area contributed by atoms with Crippen LogP contribution in [0.1, 0.15) is 25.0 Å². The van der Waals surface area contributed by atoms with Crippen molar-refractivity contribution >= 4 is 10.1 Å². The van der Waals surface area contributed by atoms with Gasteiger partial charge in [-0.2, -0.15) is 8.42 Å². The van der Waals surface area contributed by atoms with E-state index in [0.29, 0.717) is 0 Å². The zero-order valence-corrected chi connectivity index (χ0v) is 8.97. The maximum Gasteiger partial charge on any atom is 0.277 e. The van der Waals surface area contributed by atoms with E-state index in [9.17, 15) is 8.42 Å². The van der Waals surface area contributed by atoms with Gasteiger partial charge in [-0.1, -0.05) is 24.3 Å². The lowest BCUT2D eigenvalue weighted by atomic mass is 9.97. The number of hydrogen-bond acceptors (Lipinski definition) is 3. The maximum atomic E-state index is 11.6. The van der Waals surface area contributed by atoms with Crippen LogP contribution >= 0.6 is 0 Å². The summed E-state index contributed by atoms with van der Waals surface area (Å²) in [5.74, 6) is 0. The van der Waals surface area contributed by atoms with Crippen molar-refractivity contribution in [1.29, 1.82) is 0 Å². The van der Waals surface area contributed by atoms with Crippen LogP contribution in [-0.4, -0.2) is 8.42 Å². The largest absolute Gasteiger partial charge is 0.277 e. The highest BCUT2D eigenvalue weighted by Crippen LogP contribution is 2.37. The fourth-order valence-corrected chi connectivity index (χ4v) is 2.70. The molecular weight excluding hydrogens is 200 g/mol. The Labute approximate surface area is 83.8 Å². The van der Waals surface area contributed by atoms with Crippen molar-refractivity contribution < 1.29 is 12.6 Å². The predicted octanol–water partition coefficient (Wildman–Crippen LogP) is 1.78. The van der Waals surface area contributed by atoms with Crippen molar-refractivity contribution in [3.05, 3.63) is 35.4 Å². The lowest BCUT2D eigenvalue weighted by Gasteiger charge is -2.31. The summed E-state index contributed by atoms with van der Waals surface area (Å²) in [7, 11) is -3.47. The molecule has 0 unspecified atom stereocenters. The van der Waals surface area contributed by atoms with E-state index < -0.39 is 14.9 Å². The molecular formula is C10H12O3S. The highest BCUT2D eigenvalue weighted by Gasteiger charge is 2.41. The zero-order chi connectivity index (χ0) is 10.4. The minimum absolute atomic E-state index is 0.155. The van der Waals surface area contributed by atoms with Gasteiger partial charge in [-0.15, -0.1) is 0 Å². The van der Waals surface area contributed by atoms with Gasteiger partial charge in [0.15, 0.2) is 0 Å². The number of rotatable bonds is 0. The molecule has 1 aromatic rings. The van der Waals surface area contributed by atoms with Crippen LogP contribution in [0.4, 0.5) is 0 Å². The summed E-state index contributed by atoms with van der Waals surface area (Å²) in [5, 5.41) is 0. The van der Waals surface area contributed by atoms with Gasteiger partial charge in [-0.25, -0.2) is 0 Å². The van der Waals surface area contributed by atoms with E-state index in [1.165, 1.54) is 0 Å². The van der Waals surface area contributed by atoms with Crippen molar-refractivity contribution in [1.82, 2.24) is 0 Å². The summed E-state index contributed by atoms with van der Waals surface area (Å²) in [5.41, 5.74) is 1.79. The van der Waals surface area contributed by atoms with E-state index in [2.05, 4.69) is 0 Å². The smallest absolute Gasteiger partial charge is 0.265 e. The van der Waals surface area contributed by atoms with E-state index in [-0.39, 0.29) is 6.61 Å². The molecule has 76 valence electrons. The molecule has 0 saturated carbocycles. The molecule has 0 radical (unpaired) electrons. The Balaban J connectivity index is 2.69. The Morgan fingerprint density at radius 3 is 2.64 bits per heavy atom. The Hall–Kier alpha value is -0.870. The highest BCUT2D eigenvalue weighted by atomic mass is 32.2. The third-order valence-corrected chi connectivity index (χ3v) is 4.56. The number of hydrogen-bond donors (Lipinski definition) is 0. The van der Waals surface area contributed by atoms with Crippen LogP contribution in [0.2, 0.25) is 0 Å². The normalized spacial score (nSPS) is 22.7.